The molecule has 0 saturated carbocycles. The van der Waals surface area contributed by atoms with Crippen LogP contribution in [0.1, 0.15) is 22.4 Å². The Morgan fingerprint density at radius 2 is 2.30 bits per heavy atom. The van der Waals surface area contributed by atoms with Crippen LogP contribution in [0, 0.1) is 17.1 Å². The molecular formula is C19H20FN5OS. The summed E-state index contributed by atoms with van der Waals surface area (Å²) >= 11 is 1.67. The highest BCUT2D eigenvalue weighted by Crippen LogP contribution is 2.40. The number of hydrogen-bond acceptors (Lipinski definition) is 7. The molecule has 8 heteroatoms. The van der Waals surface area contributed by atoms with Crippen LogP contribution in [0.5, 0.6) is 0 Å². The van der Waals surface area contributed by atoms with Crippen LogP contribution < -0.4 is 11.1 Å². The van der Waals surface area contributed by atoms with E-state index in [2.05, 4.69) is 15.3 Å². The van der Waals surface area contributed by atoms with Crippen molar-refractivity contribution in [1.82, 2.24) is 9.97 Å². The average molecular weight is 385 g/mol. The van der Waals surface area contributed by atoms with E-state index >= 15 is 0 Å². The van der Waals surface area contributed by atoms with E-state index in [0.717, 1.165) is 42.3 Å². The summed E-state index contributed by atoms with van der Waals surface area (Å²) in [6.45, 7) is 0.757. The van der Waals surface area contributed by atoms with Crippen molar-refractivity contribution < 1.29 is 9.13 Å². The number of ether oxygens (including phenoxy) is 1. The van der Waals surface area contributed by atoms with Gasteiger partial charge in [0.05, 0.1) is 11.1 Å². The van der Waals surface area contributed by atoms with Crippen LogP contribution in [0.4, 0.5) is 21.6 Å². The molecule has 2 heterocycles. The van der Waals surface area contributed by atoms with E-state index in [1.54, 1.807) is 18.4 Å². The molecule has 6 nitrogen and oxygen atoms in total. The molecule has 4 rings (SSSR count). The van der Waals surface area contributed by atoms with Gasteiger partial charge in [0.2, 0.25) is 0 Å². The topological polar surface area (TPSA) is 96.9 Å². The summed E-state index contributed by atoms with van der Waals surface area (Å²) in [4.78, 5) is 11.0. The number of fused-ring (bicyclic) bond motifs is 3. The number of aromatic nitrogens is 2. The van der Waals surface area contributed by atoms with Crippen LogP contribution in [0.15, 0.2) is 18.5 Å². The highest BCUT2D eigenvalue weighted by Gasteiger charge is 2.25. The lowest BCUT2D eigenvalue weighted by atomic mass is 9.88. The number of rotatable bonds is 5. The first-order chi connectivity index (χ1) is 13.1. The Bertz CT molecular complexity index is 1020. The number of nitrogen functional groups attached to an aromatic ring is 1. The van der Waals surface area contributed by atoms with E-state index in [9.17, 15) is 4.39 Å². The summed E-state index contributed by atoms with van der Waals surface area (Å²) < 4.78 is 19.7. The third kappa shape index (κ3) is 3.26. The van der Waals surface area contributed by atoms with E-state index in [0.29, 0.717) is 17.3 Å². The number of thiophene rings is 1. The molecule has 4 N–H and O–H groups in total. The largest absolute Gasteiger partial charge is 0.398 e. The van der Waals surface area contributed by atoms with Gasteiger partial charge in [0.15, 0.2) is 0 Å². The third-order valence-electron chi connectivity index (χ3n) is 4.93. The smallest absolute Gasteiger partial charge is 0.148 e. The van der Waals surface area contributed by atoms with Gasteiger partial charge in [-0.05, 0) is 42.9 Å². The molecule has 0 fully saturated rings. The number of anilines is 3. The monoisotopic (exact) mass is 385 g/mol. The van der Waals surface area contributed by atoms with Gasteiger partial charge in [0, 0.05) is 36.1 Å². The summed E-state index contributed by atoms with van der Waals surface area (Å²) in [6, 6.07) is 2.75. The van der Waals surface area contributed by atoms with Crippen LogP contribution in [0.25, 0.3) is 10.2 Å². The van der Waals surface area contributed by atoms with Gasteiger partial charge in [-0.1, -0.05) is 0 Å². The van der Waals surface area contributed by atoms with Gasteiger partial charge < -0.3 is 21.2 Å². The molecule has 1 aromatic carbocycles. The average Bonchev–Trinajstić information content (AvgIpc) is 3.02. The minimum atomic E-state index is -0.478. The van der Waals surface area contributed by atoms with E-state index < -0.39 is 5.82 Å². The maximum absolute atomic E-state index is 14.4. The second kappa shape index (κ2) is 7.21. The zero-order valence-electron chi connectivity index (χ0n) is 14.9. The zero-order chi connectivity index (χ0) is 19.0. The Hall–Kier alpha value is -2.58. The molecule has 1 aliphatic rings. The summed E-state index contributed by atoms with van der Waals surface area (Å²) in [5.41, 5.74) is 7.93. The highest BCUT2D eigenvalue weighted by molar-refractivity contribution is 7.19. The number of benzene rings is 1. The van der Waals surface area contributed by atoms with Crippen molar-refractivity contribution in [1.29, 1.82) is 5.41 Å². The molecule has 0 amide bonds. The number of aryl methyl sites for hydroxylation is 1. The minimum Gasteiger partial charge on any atom is -0.398 e. The second-order valence-corrected chi connectivity index (χ2v) is 7.78. The molecule has 140 valence electrons. The molecule has 1 unspecified atom stereocenters. The standard InChI is InChI=1S/C19H20FN5OS/c1-26-8-10-2-3-12-16(4-10)27-19-17(12)18(23-9-24-19)25-15-5-11(7-21)14(22)6-13(15)20/h5-7,9-10,21H,2-4,8,22H2,1H3,(H,23,24,25). The van der Waals surface area contributed by atoms with E-state index in [1.165, 1.54) is 28.9 Å². The van der Waals surface area contributed by atoms with Crippen molar-refractivity contribution in [3.8, 4) is 0 Å². The molecule has 1 aliphatic carbocycles. The fraction of sp³-hybridized carbons (Fsp3) is 0.316. The number of nitrogens with zero attached hydrogens (tertiary/aromatic N) is 2. The number of nitrogens with two attached hydrogens (primary N) is 1. The van der Waals surface area contributed by atoms with Crippen molar-refractivity contribution in [2.24, 2.45) is 5.92 Å². The Balaban J connectivity index is 1.75. The van der Waals surface area contributed by atoms with Gasteiger partial charge in [-0.25, -0.2) is 14.4 Å². The maximum atomic E-state index is 14.4. The lowest BCUT2D eigenvalue weighted by molar-refractivity contribution is 0.145. The Morgan fingerprint density at radius 3 is 3.07 bits per heavy atom. The number of hydrogen-bond donors (Lipinski definition) is 3. The first-order valence-electron chi connectivity index (χ1n) is 8.71. The maximum Gasteiger partial charge on any atom is 0.148 e. The summed E-state index contributed by atoms with van der Waals surface area (Å²) in [5.74, 6) is 0.626. The fourth-order valence-corrected chi connectivity index (χ4v) is 4.91. The molecule has 0 spiro atoms. The molecular weight excluding hydrogens is 365 g/mol. The molecule has 0 saturated heterocycles. The van der Waals surface area contributed by atoms with E-state index in [4.69, 9.17) is 15.9 Å². The van der Waals surface area contributed by atoms with Gasteiger partial charge in [0.25, 0.3) is 0 Å². The quantitative estimate of drug-likeness (QED) is 0.457. The summed E-state index contributed by atoms with van der Waals surface area (Å²) in [7, 11) is 1.73. The molecule has 1 atom stereocenters. The molecule has 0 aliphatic heterocycles. The van der Waals surface area contributed by atoms with Crippen LogP contribution in [0.2, 0.25) is 0 Å². The van der Waals surface area contributed by atoms with Crippen molar-refractivity contribution in [2.75, 3.05) is 24.8 Å². The zero-order valence-corrected chi connectivity index (χ0v) is 15.7. The Morgan fingerprint density at radius 1 is 1.44 bits per heavy atom. The molecule has 2 aromatic heterocycles. The van der Waals surface area contributed by atoms with Crippen molar-refractivity contribution >= 4 is 45.0 Å². The number of halogens is 1. The SMILES string of the molecule is COCC1CCc2c(sc3ncnc(Nc4cc(C=N)c(N)cc4F)c23)C1. The van der Waals surface area contributed by atoms with Crippen LogP contribution in [0.3, 0.4) is 0 Å². The van der Waals surface area contributed by atoms with Crippen LogP contribution in [-0.2, 0) is 17.6 Å². The Labute approximate surface area is 160 Å². The Kier molecular flexibility index (Phi) is 4.75. The van der Waals surface area contributed by atoms with Gasteiger partial charge in [-0.15, -0.1) is 11.3 Å². The van der Waals surface area contributed by atoms with Crippen molar-refractivity contribution in [3.63, 3.8) is 0 Å². The molecule has 3 aromatic rings. The van der Waals surface area contributed by atoms with E-state index in [1.807, 2.05) is 0 Å². The second-order valence-electron chi connectivity index (χ2n) is 6.70. The minimum absolute atomic E-state index is 0.234. The first kappa shape index (κ1) is 17.8. The predicted molar refractivity (Wildman–Crippen MR) is 107 cm³/mol. The molecule has 0 bridgehead atoms. The highest BCUT2D eigenvalue weighted by atomic mass is 32.1. The third-order valence-corrected chi connectivity index (χ3v) is 6.09. The van der Waals surface area contributed by atoms with Gasteiger partial charge in [-0.2, -0.15) is 0 Å². The lowest BCUT2D eigenvalue weighted by Gasteiger charge is -2.21. The lowest BCUT2D eigenvalue weighted by Crippen LogP contribution is -2.17. The van der Waals surface area contributed by atoms with Crippen molar-refractivity contribution in [3.05, 3.63) is 40.3 Å². The summed E-state index contributed by atoms with van der Waals surface area (Å²) in [6.07, 6.45) is 5.55. The first-order valence-corrected chi connectivity index (χ1v) is 9.53. The fourth-order valence-electron chi connectivity index (χ4n) is 3.61. The normalized spacial score (nSPS) is 16.3. The predicted octanol–water partition coefficient (Wildman–Crippen LogP) is 3.91. The number of nitrogens with one attached hydrogen (secondary N) is 2. The molecule has 0 radical (unpaired) electrons. The van der Waals surface area contributed by atoms with Gasteiger partial charge >= 0.3 is 0 Å². The van der Waals surface area contributed by atoms with Crippen LogP contribution >= 0.6 is 11.3 Å². The van der Waals surface area contributed by atoms with Gasteiger partial charge in [-0.3, -0.25) is 0 Å². The van der Waals surface area contributed by atoms with E-state index in [-0.39, 0.29) is 11.4 Å². The summed E-state index contributed by atoms with van der Waals surface area (Å²) in [5, 5.41) is 11.5. The number of methoxy groups -OCH3 is 1. The van der Waals surface area contributed by atoms with Crippen molar-refractivity contribution in [2.45, 2.75) is 19.3 Å². The van der Waals surface area contributed by atoms with Crippen LogP contribution in [-0.4, -0.2) is 29.9 Å². The molecule has 27 heavy (non-hydrogen) atoms. The van der Waals surface area contributed by atoms with Gasteiger partial charge in [0.1, 0.15) is 22.8 Å².